The van der Waals surface area contributed by atoms with Gasteiger partial charge in [0.2, 0.25) is 0 Å². The van der Waals surface area contributed by atoms with Crippen molar-refractivity contribution in [2.24, 2.45) is 0 Å². The van der Waals surface area contributed by atoms with E-state index in [0.717, 1.165) is 37.2 Å². The molecule has 0 amide bonds. The maximum atomic E-state index is 10.4. The summed E-state index contributed by atoms with van der Waals surface area (Å²) >= 11 is 0. The van der Waals surface area contributed by atoms with Crippen LogP contribution in [-0.2, 0) is 4.79 Å². The second-order valence-electron chi connectivity index (χ2n) is 4.24. The molecule has 3 heteroatoms. The van der Waals surface area contributed by atoms with Gasteiger partial charge in [-0.2, -0.15) is 0 Å². The normalized spacial score (nSPS) is 24.1. The molecule has 84 valence electrons. The number of piperazine rings is 1. The third kappa shape index (κ3) is 2.93. The molecular formula is C12H20N2O. The van der Waals surface area contributed by atoms with E-state index in [9.17, 15) is 4.79 Å². The van der Waals surface area contributed by atoms with Crippen molar-refractivity contribution in [1.82, 2.24) is 9.80 Å². The zero-order valence-electron chi connectivity index (χ0n) is 9.86. The predicted octanol–water partition coefficient (Wildman–Crippen LogP) is 1.28. The van der Waals surface area contributed by atoms with Gasteiger partial charge in [-0.1, -0.05) is 6.58 Å². The maximum absolute atomic E-state index is 10.4. The molecule has 1 unspecified atom stereocenters. The number of aldehydes is 1. The molecule has 1 rings (SSSR count). The summed E-state index contributed by atoms with van der Waals surface area (Å²) in [7, 11) is 2.13. The average molecular weight is 208 g/mol. The van der Waals surface area contributed by atoms with Crippen molar-refractivity contribution in [2.75, 3.05) is 26.7 Å². The molecule has 0 aromatic rings. The van der Waals surface area contributed by atoms with Crippen molar-refractivity contribution in [1.29, 1.82) is 0 Å². The Morgan fingerprint density at radius 2 is 2.13 bits per heavy atom. The number of hydrogen-bond donors (Lipinski definition) is 0. The Morgan fingerprint density at radius 1 is 1.47 bits per heavy atom. The molecule has 1 aliphatic heterocycles. The Bertz CT molecular complexity index is 283. The SMILES string of the molecule is C=C(C(C)=CC=O)N1CCN(C)CC1C. The number of nitrogens with zero attached hydrogens (tertiary/aromatic N) is 2. The molecule has 0 radical (unpaired) electrons. The van der Waals surface area contributed by atoms with E-state index in [2.05, 4.69) is 30.4 Å². The summed E-state index contributed by atoms with van der Waals surface area (Å²) in [5, 5.41) is 0. The fraction of sp³-hybridized carbons (Fsp3) is 0.583. The van der Waals surface area contributed by atoms with Crippen LogP contribution in [0.4, 0.5) is 0 Å². The fourth-order valence-electron chi connectivity index (χ4n) is 1.97. The van der Waals surface area contributed by atoms with Crippen molar-refractivity contribution < 1.29 is 4.79 Å². The van der Waals surface area contributed by atoms with Crippen LogP contribution >= 0.6 is 0 Å². The summed E-state index contributed by atoms with van der Waals surface area (Å²) < 4.78 is 0. The van der Waals surface area contributed by atoms with E-state index in [4.69, 9.17) is 0 Å². The van der Waals surface area contributed by atoms with Crippen molar-refractivity contribution in [2.45, 2.75) is 19.9 Å². The number of carbonyl (C=O) groups is 1. The number of hydrogen-bond acceptors (Lipinski definition) is 3. The van der Waals surface area contributed by atoms with E-state index < -0.39 is 0 Å². The molecule has 0 spiro atoms. The van der Waals surface area contributed by atoms with Crippen LogP contribution in [0.15, 0.2) is 23.9 Å². The van der Waals surface area contributed by atoms with Gasteiger partial charge in [0.05, 0.1) is 0 Å². The average Bonchev–Trinajstić information content (AvgIpc) is 2.17. The molecule has 3 nitrogen and oxygen atoms in total. The summed E-state index contributed by atoms with van der Waals surface area (Å²) in [6.45, 7) is 11.3. The van der Waals surface area contributed by atoms with E-state index in [0.29, 0.717) is 6.04 Å². The van der Waals surface area contributed by atoms with Crippen molar-refractivity contribution in [3.05, 3.63) is 23.9 Å². The molecule has 1 atom stereocenters. The Balaban J connectivity index is 2.68. The first-order valence-electron chi connectivity index (χ1n) is 5.32. The smallest absolute Gasteiger partial charge is 0.143 e. The van der Waals surface area contributed by atoms with Gasteiger partial charge in [0.1, 0.15) is 6.29 Å². The zero-order valence-corrected chi connectivity index (χ0v) is 9.86. The quantitative estimate of drug-likeness (QED) is 0.396. The highest BCUT2D eigenvalue weighted by Crippen LogP contribution is 2.18. The van der Waals surface area contributed by atoms with Crippen LogP contribution in [0.5, 0.6) is 0 Å². The van der Waals surface area contributed by atoms with Crippen LogP contribution in [0.1, 0.15) is 13.8 Å². The summed E-state index contributed by atoms with van der Waals surface area (Å²) in [6.07, 6.45) is 2.40. The highest BCUT2D eigenvalue weighted by Gasteiger charge is 2.22. The fourth-order valence-corrected chi connectivity index (χ4v) is 1.97. The van der Waals surface area contributed by atoms with Crippen LogP contribution in [-0.4, -0.2) is 48.8 Å². The third-order valence-electron chi connectivity index (χ3n) is 2.95. The van der Waals surface area contributed by atoms with E-state index in [-0.39, 0.29) is 0 Å². The molecule has 0 aromatic carbocycles. The van der Waals surface area contributed by atoms with Crippen LogP contribution in [0, 0.1) is 0 Å². The number of likely N-dealkylation sites (N-methyl/N-ethyl adjacent to an activating group) is 1. The number of carbonyl (C=O) groups excluding carboxylic acids is 1. The molecule has 1 aliphatic rings. The summed E-state index contributed by atoms with van der Waals surface area (Å²) in [6, 6.07) is 0.464. The molecule has 0 aliphatic carbocycles. The molecule has 0 aromatic heterocycles. The Labute approximate surface area is 92.0 Å². The summed E-state index contributed by atoms with van der Waals surface area (Å²) in [4.78, 5) is 15.0. The zero-order chi connectivity index (χ0) is 11.4. The largest absolute Gasteiger partial charge is 0.367 e. The lowest BCUT2D eigenvalue weighted by Gasteiger charge is -2.41. The Kier molecular flexibility index (Phi) is 4.09. The monoisotopic (exact) mass is 208 g/mol. The minimum atomic E-state index is 0.464. The Morgan fingerprint density at radius 3 is 2.67 bits per heavy atom. The van der Waals surface area contributed by atoms with E-state index >= 15 is 0 Å². The second kappa shape index (κ2) is 5.12. The molecule has 1 saturated heterocycles. The van der Waals surface area contributed by atoms with E-state index in [1.807, 2.05) is 6.92 Å². The minimum Gasteiger partial charge on any atom is -0.367 e. The van der Waals surface area contributed by atoms with Gasteiger partial charge in [-0.15, -0.1) is 0 Å². The third-order valence-corrected chi connectivity index (χ3v) is 2.95. The summed E-state index contributed by atoms with van der Waals surface area (Å²) in [5.74, 6) is 0. The van der Waals surface area contributed by atoms with Gasteiger partial charge in [0.15, 0.2) is 0 Å². The predicted molar refractivity (Wildman–Crippen MR) is 62.6 cm³/mol. The highest BCUT2D eigenvalue weighted by atomic mass is 16.1. The van der Waals surface area contributed by atoms with Gasteiger partial charge in [-0.3, -0.25) is 4.79 Å². The molecule has 1 fully saturated rings. The van der Waals surface area contributed by atoms with Crippen LogP contribution < -0.4 is 0 Å². The van der Waals surface area contributed by atoms with Gasteiger partial charge in [0, 0.05) is 31.4 Å². The van der Waals surface area contributed by atoms with Crippen LogP contribution in [0.25, 0.3) is 0 Å². The first-order valence-corrected chi connectivity index (χ1v) is 5.32. The molecule has 0 saturated carbocycles. The molecule has 0 N–H and O–H groups in total. The van der Waals surface area contributed by atoms with Crippen molar-refractivity contribution in [3.63, 3.8) is 0 Å². The highest BCUT2D eigenvalue weighted by molar-refractivity contribution is 5.67. The Hall–Kier alpha value is -1.09. The number of allylic oxidation sites excluding steroid dienone is 2. The van der Waals surface area contributed by atoms with Crippen LogP contribution in [0.3, 0.4) is 0 Å². The van der Waals surface area contributed by atoms with E-state index in [1.54, 1.807) is 6.08 Å². The lowest BCUT2D eigenvalue weighted by Crippen LogP contribution is -2.49. The van der Waals surface area contributed by atoms with Gasteiger partial charge in [-0.05, 0) is 32.5 Å². The topological polar surface area (TPSA) is 23.6 Å². The van der Waals surface area contributed by atoms with Gasteiger partial charge >= 0.3 is 0 Å². The molecule has 0 bridgehead atoms. The van der Waals surface area contributed by atoms with Gasteiger partial charge in [0.25, 0.3) is 0 Å². The lowest BCUT2D eigenvalue weighted by molar-refractivity contribution is -0.104. The van der Waals surface area contributed by atoms with Crippen molar-refractivity contribution >= 4 is 6.29 Å². The maximum Gasteiger partial charge on any atom is 0.143 e. The van der Waals surface area contributed by atoms with Crippen molar-refractivity contribution in [3.8, 4) is 0 Å². The second-order valence-corrected chi connectivity index (χ2v) is 4.24. The minimum absolute atomic E-state index is 0.464. The first kappa shape index (κ1) is 12.0. The summed E-state index contributed by atoms with van der Waals surface area (Å²) in [5.41, 5.74) is 1.93. The first-order chi connectivity index (χ1) is 7.06. The van der Waals surface area contributed by atoms with Gasteiger partial charge < -0.3 is 9.80 Å². The number of rotatable bonds is 3. The molecule has 15 heavy (non-hydrogen) atoms. The molecular weight excluding hydrogens is 188 g/mol. The standard InChI is InChI=1S/C12H20N2O/c1-10(5-8-15)12(3)14-7-6-13(4)9-11(14)2/h5,8,11H,3,6-7,9H2,1-2,4H3. The van der Waals surface area contributed by atoms with Gasteiger partial charge in [-0.25, -0.2) is 0 Å². The molecule has 1 heterocycles. The lowest BCUT2D eigenvalue weighted by atomic mass is 10.1. The van der Waals surface area contributed by atoms with Crippen LogP contribution in [0.2, 0.25) is 0 Å². The van der Waals surface area contributed by atoms with E-state index in [1.165, 1.54) is 0 Å².